The van der Waals surface area contributed by atoms with Crippen molar-refractivity contribution in [3.8, 4) is 5.75 Å². The predicted molar refractivity (Wildman–Crippen MR) is 162 cm³/mol. The number of amides is 3. The average Bonchev–Trinajstić information content (AvgIpc) is 2.90. The summed E-state index contributed by atoms with van der Waals surface area (Å²) in [5.41, 5.74) is 0.367. The number of hydrogen-bond acceptors (Lipinski definition) is 6. The van der Waals surface area contributed by atoms with Crippen molar-refractivity contribution in [1.82, 2.24) is 10.2 Å². The van der Waals surface area contributed by atoms with E-state index in [0.717, 1.165) is 23.6 Å². The number of benzene rings is 3. The lowest BCUT2D eigenvalue weighted by Crippen LogP contribution is -2.53. The highest BCUT2D eigenvalue weighted by atomic mass is 32.1. The van der Waals surface area contributed by atoms with E-state index < -0.39 is 35.6 Å². The minimum Gasteiger partial charge on any atom is -0.508 e. The van der Waals surface area contributed by atoms with E-state index in [2.05, 4.69) is 30.2 Å². The molecule has 3 N–H and O–H groups in total. The average molecular weight is 566 g/mol. The first-order valence-electron chi connectivity index (χ1n) is 13.5. The predicted octanol–water partition coefficient (Wildman–Crippen LogP) is 6.07. The summed E-state index contributed by atoms with van der Waals surface area (Å²) in [6.45, 7) is 7.54. The Morgan fingerprint density at radius 1 is 0.975 bits per heavy atom. The standard InChI is InChI=1S/C31H39N3O5S/c1-5-6-9-18-34(29(37)26(20-40)33-30(38)39-31(2,3)4)27(22-13-16-25(35)17-14-22)28(36)32-24-15-12-21-10-7-8-11-23(21)19-24/h7-8,10-17,19,26-27,35,40H,5-6,9,18,20H2,1-4H3,(H,32,36)(H,33,38). The number of aromatic hydroxyl groups is 1. The molecule has 0 heterocycles. The normalized spacial score (nSPS) is 12.8. The van der Waals surface area contributed by atoms with Gasteiger partial charge in [0.05, 0.1) is 0 Å². The molecule has 3 aromatic rings. The van der Waals surface area contributed by atoms with Gasteiger partial charge in [-0.3, -0.25) is 9.59 Å². The highest BCUT2D eigenvalue weighted by Crippen LogP contribution is 2.28. The van der Waals surface area contributed by atoms with Gasteiger partial charge in [0.2, 0.25) is 5.91 Å². The van der Waals surface area contributed by atoms with E-state index in [9.17, 15) is 19.5 Å². The molecule has 0 aromatic heterocycles. The molecule has 3 aromatic carbocycles. The molecule has 2 atom stereocenters. The second-order valence-corrected chi connectivity index (χ2v) is 11.0. The maximum atomic E-state index is 14.0. The number of phenolic OH excluding ortho intramolecular Hbond substituents is 1. The Balaban J connectivity index is 1.98. The first kappa shape index (κ1) is 30.8. The molecule has 0 aliphatic rings. The van der Waals surface area contributed by atoms with E-state index in [-0.39, 0.29) is 18.0 Å². The molecule has 0 aliphatic heterocycles. The summed E-state index contributed by atoms with van der Waals surface area (Å²) in [4.78, 5) is 41.9. The molecule has 2 unspecified atom stereocenters. The van der Waals surface area contributed by atoms with Crippen molar-refractivity contribution in [3.63, 3.8) is 0 Å². The highest BCUT2D eigenvalue weighted by molar-refractivity contribution is 7.80. The second kappa shape index (κ2) is 14.1. The van der Waals surface area contributed by atoms with Crippen LogP contribution in [0, 0.1) is 0 Å². The Hall–Kier alpha value is -3.72. The summed E-state index contributed by atoms with van der Waals surface area (Å²) in [5.74, 6) is -0.817. The maximum Gasteiger partial charge on any atom is 0.408 e. The third-order valence-corrected chi connectivity index (χ3v) is 6.61. The number of alkyl carbamates (subject to hydrolysis) is 1. The number of fused-ring (bicyclic) bond motifs is 1. The molecule has 0 fully saturated rings. The van der Waals surface area contributed by atoms with Gasteiger partial charge in [-0.2, -0.15) is 12.6 Å². The van der Waals surface area contributed by atoms with Gasteiger partial charge in [-0.25, -0.2) is 4.79 Å². The number of unbranched alkanes of at least 4 members (excludes halogenated alkanes) is 2. The number of carbonyl (C=O) groups is 3. The molecule has 0 aliphatic carbocycles. The van der Waals surface area contributed by atoms with E-state index in [1.165, 1.54) is 17.0 Å². The fourth-order valence-corrected chi connectivity index (χ4v) is 4.59. The molecule has 40 heavy (non-hydrogen) atoms. The van der Waals surface area contributed by atoms with Gasteiger partial charge < -0.3 is 25.4 Å². The lowest BCUT2D eigenvalue weighted by molar-refractivity contribution is -0.140. The number of carbonyl (C=O) groups excluding carboxylic acids is 3. The first-order valence-corrected chi connectivity index (χ1v) is 14.1. The number of nitrogens with one attached hydrogen (secondary N) is 2. The van der Waals surface area contributed by atoms with Crippen molar-refractivity contribution in [1.29, 1.82) is 0 Å². The van der Waals surface area contributed by atoms with Crippen LogP contribution < -0.4 is 10.6 Å². The monoisotopic (exact) mass is 565 g/mol. The molecule has 9 heteroatoms. The fourth-order valence-electron chi connectivity index (χ4n) is 4.34. The van der Waals surface area contributed by atoms with E-state index in [0.29, 0.717) is 17.7 Å². The molecule has 3 rings (SSSR count). The molecule has 214 valence electrons. The van der Waals surface area contributed by atoms with Crippen molar-refractivity contribution in [2.24, 2.45) is 0 Å². The zero-order valence-corrected chi connectivity index (χ0v) is 24.4. The minimum absolute atomic E-state index is 0.0109. The summed E-state index contributed by atoms with van der Waals surface area (Å²) in [5, 5.41) is 17.5. The molecule has 3 amide bonds. The lowest BCUT2D eigenvalue weighted by atomic mass is 10.0. The van der Waals surface area contributed by atoms with Crippen LogP contribution in [-0.4, -0.2) is 51.9 Å². The topological polar surface area (TPSA) is 108 Å². The van der Waals surface area contributed by atoms with E-state index >= 15 is 0 Å². The Bertz CT molecular complexity index is 1310. The zero-order chi connectivity index (χ0) is 29.3. The van der Waals surface area contributed by atoms with Crippen LogP contribution in [-0.2, 0) is 14.3 Å². The number of thiol groups is 1. The maximum absolute atomic E-state index is 14.0. The van der Waals surface area contributed by atoms with Crippen LogP contribution in [0.5, 0.6) is 5.75 Å². The van der Waals surface area contributed by atoms with Crippen LogP contribution >= 0.6 is 12.6 Å². The quantitative estimate of drug-likeness (QED) is 0.167. The molecule has 0 saturated carbocycles. The van der Waals surface area contributed by atoms with Crippen LogP contribution in [0.3, 0.4) is 0 Å². The number of phenols is 1. The molecule has 0 radical (unpaired) electrons. The summed E-state index contributed by atoms with van der Waals surface area (Å²) in [7, 11) is 0. The molecule has 0 saturated heterocycles. The lowest BCUT2D eigenvalue weighted by Gasteiger charge is -2.34. The van der Waals surface area contributed by atoms with Gasteiger partial charge in [0.25, 0.3) is 5.91 Å². The minimum atomic E-state index is -1.03. The SMILES string of the molecule is CCCCCN(C(=O)C(CS)NC(=O)OC(C)(C)C)C(C(=O)Nc1ccc2ccccc2c1)c1ccc(O)cc1. The third kappa shape index (κ3) is 8.64. The van der Waals surface area contributed by atoms with Gasteiger partial charge in [-0.1, -0.05) is 62.2 Å². The van der Waals surface area contributed by atoms with Crippen LogP contribution in [0.15, 0.2) is 66.7 Å². The van der Waals surface area contributed by atoms with Crippen LogP contribution in [0.1, 0.15) is 58.6 Å². The van der Waals surface area contributed by atoms with Gasteiger partial charge in [-0.05, 0) is 67.8 Å². The van der Waals surface area contributed by atoms with Gasteiger partial charge >= 0.3 is 6.09 Å². The molecule has 0 bridgehead atoms. The zero-order valence-electron chi connectivity index (χ0n) is 23.5. The van der Waals surface area contributed by atoms with E-state index in [1.54, 1.807) is 32.9 Å². The summed E-state index contributed by atoms with van der Waals surface area (Å²) >= 11 is 4.33. The molecule has 0 spiro atoms. The van der Waals surface area contributed by atoms with Crippen LogP contribution in [0.2, 0.25) is 0 Å². The number of nitrogens with zero attached hydrogens (tertiary/aromatic N) is 1. The number of anilines is 1. The summed E-state index contributed by atoms with van der Waals surface area (Å²) in [6.07, 6.45) is 1.69. The summed E-state index contributed by atoms with van der Waals surface area (Å²) in [6, 6.07) is 17.6. The van der Waals surface area contributed by atoms with Gasteiger partial charge in [-0.15, -0.1) is 0 Å². The number of rotatable bonds is 11. The Morgan fingerprint density at radius 2 is 1.65 bits per heavy atom. The van der Waals surface area contributed by atoms with Gasteiger partial charge in [0, 0.05) is 18.0 Å². The van der Waals surface area contributed by atoms with Crippen LogP contribution in [0.4, 0.5) is 10.5 Å². The van der Waals surface area contributed by atoms with Crippen molar-refractivity contribution in [3.05, 3.63) is 72.3 Å². The van der Waals surface area contributed by atoms with Crippen molar-refractivity contribution in [2.75, 3.05) is 17.6 Å². The second-order valence-electron chi connectivity index (χ2n) is 10.7. The van der Waals surface area contributed by atoms with E-state index in [1.807, 2.05) is 42.5 Å². The molecule has 8 nitrogen and oxygen atoms in total. The Labute approximate surface area is 241 Å². The van der Waals surface area contributed by atoms with Crippen molar-refractivity contribution < 1.29 is 24.2 Å². The van der Waals surface area contributed by atoms with Gasteiger partial charge in [0.1, 0.15) is 23.4 Å². The van der Waals surface area contributed by atoms with Crippen molar-refractivity contribution >= 4 is 47.0 Å². The summed E-state index contributed by atoms with van der Waals surface area (Å²) < 4.78 is 5.36. The molecular formula is C31H39N3O5S. The number of hydrogen-bond donors (Lipinski definition) is 4. The van der Waals surface area contributed by atoms with Crippen LogP contribution in [0.25, 0.3) is 10.8 Å². The van der Waals surface area contributed by atoms with Crippen molar-refractivity contribution in [2.45, 2.75) is 64.6 Å². The smallest absolute Gasteiger partial charge is 0.408 e. The Morgan fingerprint density at radius 3 is 2.27 bits per heavy atom. The molecular weight excluding hydrogens is 526 g/mol. The highest BCUT2D eigenvalue weighted by Gasteiger charge is 2.35. The fraction of sp³-hybridized carbons (Fsp3) is 0.387. The largest absolute Gasteiger partial charge is 0.508 e. The first-order chi connectivity index (χ1) is 19.0. The van der Waals surface area contributed by atoms with Gasteiger partial charge in [0.15, 0.2) is 0 Å². The number of ether oxygens (including phenoxy) is 1. The Kier molecular flexibility index (Phi) is 10.8. The third-order valence-electron chi connectivity index (χ3n) is 6.24. The van der Waals surface area contributed by atoms with E-state index in [4.69, 9.17) is 4.74 Å².